The van der Waals surface area contributed by atoms with Gasteiger partial charge in [-0.1, -0.05) is 29.8 Å². The van der Waals surface area contributed by atoms with Gasteiger partial charge in [0, 0.05) is 23.4 Å². The van der Waals surface area contributed by atoms with Crippen molar-refractivity contribution in [2.24, 2.45) is 5.10 Å². The van der Waals surface area contributed by atoms with E-state index in [9.17, 15) is 8.78 Å². The summed E-state index contributed by atoms with van der Waals surface area (Å²) in [5, 5.41) is 7.40. The predicted molar refractivity (Wildman–Crippen MR) is 79.4 cm³/mol. The van der Waals surface area contributed by atoms with Gasteiger partial charge in [0.2, 0.25) is 0 Å². The molecule has 6 heteroatoms. The lowest BCUT2D eigenvalue weighted by atomic mass is 10.1. The van der Waals surface area contributed by atoms with Gasteiger partial charge in [0.05, 0.1) is 6.54 Å². The van der Waals surface area contributed by atoms with Crippen molar-refractivity contribution in [1.82, 2.24) is 5.43 Å². The Morgan fingerprint density at radius 3 is 2.95 bits per heavy atom. The summed E-state index contributed by atoms with van der Waals surface area (Å²) in [5.41, 5.74) is 5.74. The highest BCUT2D eigenvalue weighted by Crippen LogP contribution is 2.22. The van der Waals surface area contributed by atoms with Gasteiger partial charge in [0.1, 0.15) is 0 Å². The van der Waals surface area contributed by atoms with E-state index >= 15 is 0 Å². The molecule has 1 aliphatic rings. The van der Waals surface area contributed by atoms with Gasteiger partial charge in [-0.15, -0.1) is 0 Å². The summed E-state index contributed by atoms with van der Waals surface area (Å²) in [4.78, 5) is 0. The predicted octanol–water partition coefficient (Wildman–Crippen LogP) is 3.58. The monoisotopic (exact) mass is 307 g/mol. The molecular formula is C15H12ClF2N3. The minimum absolute atomic E-state index is 0.190. The molecule has 0 saturated heterocycles. The molecule has 0 aromatic heterocycles. The SMILES string of the molecule is Fc1cccc(CNc2ccc3c(c2)C(Cl)=NNC3)c1F. The Morgan fingerprint density at radius 2 is 2.10 bits per heavy atom. The van der Waals surface area contributed by atoms with Gasteiger partial charge in [-0.2, -0.15) is 5.10 Å². The average molecular weight is 308 g/mol. The fraction of sp³-hybridized carbons (Fsp3) is 0.133. The average Bonchev–Trinajstić information content (AvgIpc) is 2.49. The Bertz CT molecular complexity index is 716. The normalized spacial score (nSPS) is 13.2. The van der Waals surface area contributed by atoms with E-state index in [1.54, 1.807) is 6.07 Å². The maximum atomic E-state index is 13.6. The molecule has 0 atom stereocenters. The van der Waals surface area contributed by atoms with Crippen molar-refractivity contribution >= 4 is 22.5 Å². The van der Waals surface area contributed by atoms with Gasteiger partial charge < -0.3 is 10.7 Å². The second-order valence-corrected chi connectivity index (χ2v) is 5.03. The van der Waals surface area contributed by atoms with E-state index in [0.29, 0.717) is 11.7 Å². The zero-order chi connectivity index (χ0) is 14.8. The lowest BCUT2D eigenvalue weighted by Gasteiger charge is -2.16. The lowest BCUT2D eigenvalue weighted by Crippen LogP contribution is -2.17. The van der Waals surface area contributed by atoms with E-state index in [1.807, 2.05) is 18.2 Å². The lowest BCUT2D eigenvalue weighted by molar-refractivity contribution is 0.500. The van der Waals surface area contributed by atoms with Gasteiger partial charge in [0.15, 0.2) is 16.8 Å². The fourth-order valence-corrected chi connectivity index (χ4v) is 2.40. The molecule has 2 N–H and O–H groups in total. The van der Waals surface area contributed by atoms with E-state index in [-0.39, 0.29) is 12.1 Å². The first kappa shape index (κ1) is 13.8. The molecule has 3 rings (SSSR count). The summed E-state index contributed by atoms with van der Waals surface area (Å²) in [6.45, 7) is 0.805. The quantitative estimate of drug-likeness (QED) is 0.909. The number of anilines is 1. The fourth-order valence-electron chi connectivity index (χ4n) is 2.17. The van der Waals surface area contributed by atoms with Crippen molar-refractivity contribution < 1.29 is 8.78 Å². The van der Waals surface area contributed by atoms with Gasteiger partial charge in [0.25, 0.3) is 0 Å². The number of hydrogen-bond donors (Lipinski definition) is 2. The maximum absolute atomic E-state index is 13.6. The van der Waals surface area contributed by atoms with Crippen LogP contribution in [0.1, 0.15) is 16.7 Å². The van der Waals surface area contributed by atoms with Crippen molar-refractivity contribution in [3.05, 3.63) is 64.7 Å². The number of hydrazone groups is 1. The summed E-state index contributed by atoms with van der Waals surface area (Å²) in [6, 6.07) is 9.76. The molecule has 0 fully saturated rings. The van der Waals surface area contributed by atoms with Crippen LogP contribution in [0.4, 0.5) is 14.5 Å². The largest absolute Gasteiger partial charge is 0.381 e. The third-order valence-electron chi connectivity index (χ3n) is 3.29. The van der Waals surface area contributed by atoms with Crippen molar-refractivity contribution in [3.8, 4) is 0 Å². The topological polar surface area (TPSA) is 36.4 Å². The molecule has 0 saturated carbocycles. The standard InChI is InChI=1S/C15H12ClF2N3/c16-15-12-6-11(5-4-9(12)8-20-21-15)19-7-10-2-1-3-13(17)14(10)18/h1-6,19-20H,7-8H2. The van der Waals surface area contributed by atoms with Crippen LogP contribution >= 0.6 is 11.6 Å². The highest BCUT2D eigenvalue weighted by atomic mass is 35.5. The molecule has 2 aromatic rings. The van der Waals surface area contributed by atoms with E-state index in [2.05, 4.69) is 15.8 Å². The first-order valence-electron chi connectivity index (χ1n) is 6.41. The van der Waals surface area contributed by atoms with E-state index < -0.39 is 11.6 Å². The van der Waals surface area contributed by atoms with Crippen LogP contribution in [0.2, 0.25) is 0 Å². The van der Waals surface area contributed by atoms with Crippen LogP contribution in [0.5, 0.6) is 0 Å². The van der Waals surface area contributed by atoms with Crippen LogP contribution in [0.3, 0.4) is 0 Å². The Hall–Kier alpha value is -2.14. The Labute approximate surface area is 125 Å². The molecule has 0 unspecified atom stereocenters. The third-order valence-corrected chi connectivity index (χ3v) is 3.58. The summed E-state index contributed by atoms with van der Waals surface area (Å²) in [5.74, 6) is -1.67. The molecule has 0 amide bonds. The third kappa shape index (κ3) is 2.83. The first-order valence-corrected chi connectivity index (χ1v) is 6.79. The summed E-state index contributed by atoms with van der Waals surface area (Å²) < 4.78 is 26.7. The van der Waals surface area contributed by atoms with Crippen molar-refractivity contribution in [2.75, 3.05) is 5.32 Å². The highest BCUT2D eigenvalue weighted by Gasteiger charge is 2.13. The highest BCUT2D eigenvalue weighted by molar-refractivity contribution is 6.69. The molecule has 0 radical (unpaired) electrons. The van der Waals surface area contributed by atoms with Crippen LogP contribution in [0.15, 0.2) is 41.5 Å². The Kier molecular flexibility index (Phi) is 3.75. The number of benzene rings is 2. The summed E-state index contributed by atoms with van der Waals surface area (Å²) in [6.07, 6.45) is 0. The zero-order valence-electron chi connectivity index (χ0n) is 11.0. The second-order valence-electron chi connectivity index (χ2n) is 4.68. The van der Waals surface area contributed by atoms with E-state index in [0.717, 1.165) is 22.9 Å². The molecule has 0 aliphatic carbocycles. The van der Waals surface area contributed by atoms with Crippen LogP contribution in [0.25, 0.3) is 0 Å². The number of hydrogen-bond acceptors (Lipinski definition) is 3. The van der Waals surface area contributed by atoms with Gasteiger partial charge in [-0.3, -0.25) is 0 Å². The van der Waals surface area contributed by atoms with Crippen LogP contribution in [0, 0.1) is 11.6 Å². The smallest absolute Gasteiger partial charge is 0.163 e. The maximum Gasteiger partial charge on any atom is 0.163 e. The van der Waals surface area contributed by atoms with Crippen LogP contribution in [-0.4, -0.2) is 5.17 Å². The molecule has 21 heavy (non-hydrogen) atoms. The molecule has 108 valence electrons. The van der Waals surface area contributed by atoms with E-state index in [1.165, 1.54) is 6.07 Å². The van der Waals surface area contributed by atoms with Crippen molar-refractivity contribution in [2.45, 2.75) is 13.1 Å². The zero-order valence-corrected chi connectivity index (χ0v) is 11.7. The number of nitrogens with zero attached hydrogens (tertiary/aromatic N) is 1. The molecule has 1 aliphatic heterocycles. The Balaban J connectivity index is 1.79. The molecule has 3 nitrogen and oxygen atoms in total. The van der Waals surface area contributed by atoms with Crippen LogP contribution in [-0.2, 0) is 13.1 Å². The number of nitrogens with one attached hydrogen (secondary N) is 2. The Morgan fingerprint density at radius 1 is 1.24 bits per heavy atom. The number of fused-ring (bicyclic) bond motifs is 1. The van der Waals surface area contributed by atoms with Gasteiger partial charge >= 0.3 is 0 Å². The summed E-state index contributed by atoms with van der Waals surface area (Å²) in [7, 11) is 0. The van der Waals surface area contributed by atoms with Gasteiger partial charge in [-0.25, -0.2) is 8.78 Å². The van der Waals surface area contributed by atoms with Crippen molar-refractivity contribution in [3.63, 3.8) is 0 Å². The van der Waals surface area contributed by atoms with Gasteiger partial charge in [-0.05, 0) is 23.8 Å². The molecule has 0 spiro atoms. The molecule has 0 bridgehead atoms. The molecule has 1 heterocycles. The second kappa shape index (κ2) is 5.69. The van der Waals surface area contributed by atoms with E-state index in [4.69, 9.17) is 11.6 Å². The first-order chi connectivity index (χ1) is 10.1. The van der Waals surface area contributed by atoms with Crippen molar-refractivity contribution in [1.29, 1.82) is 0 Å². The molecule has 2 aromatic carbocycles. The number of halogens is 3. The van der Waals surface area contributed by atoms with Crippen LogP contribution < -0.4 is 10.7 Å². The minimum Gasteiger partial charge on any atom is -0.381 e. The number of rotatable bonds is 3. The molecular weight excluding hydrogens is 296 g/mol. The minimum atomic E-state index is -0.846. The summed E-state index contributed by atoms with van der Waals surface area (Å²) >= 11 is 6.03.